The number of aliphatic hydroxyl groups excluding tert-OH is 1. The Bertz CT molecular complexity index is 1920. The van der Waals surface area contributed by atoms with Crippen molar-refractivity contribution in [2.24, 2.45) is 17.8 Å². The Labute approximate surface area is 607 Å². The topological polar surface area (TPSA) is 237 Å². The number of phosphoric acid groups is 2. The molecule has 588 valence electrons. The summed E-state index contributed by atoms with van der Waals surface area (Å²) in [5, 5.41) is 10.6. The number of ether oxygens (including phenoxy) is 4. The summed E-state index contributed by atoms with van der Waals surface area (Å²) in [4.78, 5) is 72.9. The molecule has 0 aromatic heterocycles. The zero-order chi connectivity index (χ0) is 73.0. The number of unbranched alkanes of at least 4 members (excludes halogenated alkanes) is 46. The number of phosphoric ester groups is 2. The van der Waals surface area contributed by atoms with Gasteiger partial charge in [-0.05, 0) is 43.4 Å². The lowest BCUT2D eigenvalue weighted by atomic mass is 10.0. The highest BCUT2D eigenvalue weighted by molar-refractivity contribution is 7.47. The monoisotopic (exact) mass is 1450 g/mol. The van der Waals surface area contributed by atoms with Crippen molar-refractivity contribution in [2.45, 2.75) is 433 Å². The maximum absolute atomic E-state index is 13.1. The number of aliphatic hydroxyl groups is 1. The van der Waals surface area contributed by atoms with Crippen LogP contribution in [0.15, 0.2) is 0 Å². The van der Waals surface area contributed by atoms with E-state index in [2.05, 4.69) is 48.5 Å². The molecule has 0 heterocycles. The smallest absolute Gasteiger partial charge is 0.462 e. The molecule has 0 fully saturated rings. The summed E-state index contributed by atoms with van der Waals surface area (Å²) >= 11 is 0. The fourth-order valence-corrected chi connectivity index (χ4v) is 13.9. The van der Waals surface area contributed by atoms with Crippen LogP contribution in [-0.2, 0) is 65.4 Å². The van der Waals surface area contributed by atoms with Gasteiger partial charge in [-0.2, -0.15) is 0 Å². The van der Waals surface area contributed by atoms with Crippen molar-refractivity contribution < 1.29 is 80.2 Å². The summed E-state index contributed by atoms with van der Waals surface area (Å²) in [7, 11) is -9.92. The van der Waals surface area contributed by atoms with Gasteiger partial charge in [0.25, 0.3) is 0 Å². The van der Waals surface area contributed by atoms with Crippen LogP contribution in [0.4, 0.5) is 0 Å². The number of carbonyl (C=O) groups excluding carboxylic acids is 4. The van der Waals surface area contributed by atoms with Crippen LogP contribution in [-0.4, -0.2) is 96.7 Å². The van der Waals surface area contributed by atoms with Gasteiger partial charge in [0.05, 0.1) is 26.4 Å². The van der Waals surface area contributed by atoms with E-state index in [-0.39, 0.29) is 25.7 Å². The lowest BCUT2D eigenvalue weighted by Gasteiger charge is -2.21. The van der Waals surface area contributed by atoms with Crippen molar-refractivity contribution in [3.63, 3.8) is 0 Å². The number of carbonyl (C=O) groups is 4. The fourth-order valence-electron chi connectivity index (χ4n) is 12.3. The molecule has 3 N–H and O–H groups in total. The highest BCUT2D eigenvalue weighted by Gasteiger charge is 2.30. The molecule has 0 aromatic carbocycles. The van der Waals surface area contributed by atoms with Crippen molar-refractivity contribution in [2.75, 3.05) is 39.6 Å². The minimum absolute atomic E-state index is 0.104. The van der Waals surface area contributed by atoms with Crippen LogP contribution in [0.5, 0.6) is 0 Å². The third kappa shape index (κ3) is 74.1. The third-order valence-corrected chi connectivity index (χ3v) is 20.5. The summed E-state index contributed by atoms with van der Waals surface area (Å²) in [6.07, 6.45) is 58.5. The molecule has 0 radical (unpaired) electrons. The van der Waals surface area contributed by atoms with Gasteiger partial charge in [0.2, 0.25) is 0 Å². The molecule has 2 unspecified atom stereocenters. The lowest BCUT2D eigenvalue weighted by molar-refractivity contribution is -0.161. The molecule has 5 atom stereocenters. The van der Waals surface area contributed by atoms with Crippen LogP contribution in [0.2, 0.25) is 0 Å². The highest BCUT2D eigenvalue weighted by Crippen LogP contribution is 2.45. The molecule has 0 saturated heterocycles. The summed E-state index contributed by atoms with van der Waals surface area (Å²) in [6.45, 7) is 11.9. The molecule has 0 bridgehead atoms. The van der Waals surface area contributed by atoms with Gasteiger partial charge in [-0.3, -0.25) is 37.3 Å². The van der Waals surface area contributed by atoms with Gasteiger partial charge in [0.1, 0.15) is 19.3 Å². The van der Waals surface area contributed by atoms with Gasteiger partial charge >= 0.3 is 39.5 Å². The van der Waals surface area contributed by atoms with Gasteiger partial charge in [-0.25, -0.2) is 9.13 Å². The number of hydrogen-bond donors (Lipinski definition) is 3. The Hall–Kier alpha value is -1.94. The molecule has 99 heavy (non-hydrogen) atoms. The van der Waals surface area contributed by atoms with Crippen LogP contribution >= 0.6 is 15.6 Å². The normalized spacial score (nSPS) is 14.0. The van der Waals surface area contributed by atoms with E-state index in [4.69, 9.17) is 37.0 Å². The van der Waals surface area contributed by atoms with E-state index >= 15 is 0 Å². The van der Waals surface area contributed by atoms with Gasteiger partial charge < -0.3 is 33.8 Å². The van der Waals surface area contributed by atoms with Crippen LogP contribution in [0.3, 0.4) is 0 Å². The Morgan fingerprint density at radius 3 is 0.687 bits per heavy atom. The first-order valence-corrected chi connectivity index (χ1v) is 44.3. The standard InChI is InChI=1S/C80H156O17P2/c1-8-9-10-11-12-13-14-15-16-19-23-26-29-32-40-47-54-61-77(82)90-67-75(96-79(84)63-56-49-41-33-30-27-24-21-18-17-20-22-25-28-31-37-44-51-58-71(2)3)69-94-98(86,87)92-65-74(81)66-93-99(88,89)95-70-76(68-91-78(83)62-55-48-43-36-39-46-53-60-73(6)7)97-80(85)64-57-50-42-35-34-38-45-52-59-72(4)5/h71-76,81H,8-70H2,1-7H3,(H,86,87)(H,88,89)/t74-,75-,76-/m1/s1. The minimum atomic E-state index is -4.96. The van der Waals surface area contributed by atoms with Gasteiger partial charge in [-0.1, -0.05) is 363 Å². The zero-order valence-electron chi connectivity index (χ0n) is 65.0. The third-order valence-electron chi connectivity index (χ3n) is 18.6. The molecule has 0 aliphatic carbocycles. The van der Waals surface area contributed by atoms with Crippen molar-refractivity contribution in [3.05, 3.63) is 0 Å². The van der Waals surface area contributed by atoms with Crippen molar-refractivity contribution in [1.29, 1.82) is 0 Å². The Morgan fingerprint density at radius 2 is 0.465 bits per heavy atom. The second-order valence-electron chi connectivity index (χ2n) is 30.2. The highest BCUT2D eigenvalue weighted by atomic mass is 31.2. The van der Waals surface area contributed by atoms with Crippen molar-refractivity contribution >= 4 is 39.5 Å². The van der Waals surface area contributed by atoms with E-state index in [1.54, 1.807) is 0 Å². The van der Waals surface area contributed by atoms with Crippen LogP contribution in [0.1, 0.15) is 414 Å². The minimum Gasteiger partial charge on any atom is -0.462 e. The fraction of sp³-hybridized carbons (Fsp3) is 0.950. The van der Waals surface area contributed by atoms with Crippen LogP contribution in [0, 0.1) is 17.8 Å². The molecule has 0 aromatic rings. The number of hydrogen-bond acceptors (Lipinski definition) is 15. The van der Waals surface area contributed by atoms with E-state index in [0.29, 0.717) is 31.6 Å². The summed E-state index contributed by atoms with van der Waals surface area (Å²) < 4.78 is 68.6. The summed E-state index contributed by atoms with van der Waals surface area (Å²) in [6, 6.07) is 0. The first kappa shape index (κ1) is 97.1. The predicted molar refractivity (Wildman–Crippen MR) is 405 cm³/mol. The molecule has 0 rings (SSSR count). The van der Waals surface area contributed by atoms with E-state index in [9.17, 15) is 43.2 Å². The van der Waals surface area contributed by atoms with Crippen molar-refractivity contribution in [1.82, 2.24) is 0 Å². The Kier molecular flexibility index (Phi) is 69.0. The number of rotatable bonds is 78. The van der Waals surface area contributed by atoms with Crippen LogP contribution < -0.4 is 0 Å². The maximum Gasteiger partial charge on any atom is 0.472 e. The Morgan fingerprint density at radius 1 is 0.273 bits per heavy atom. The molecule has 0 aliphatic rings. The second kappa shape index (κ2) is 70.4. The van der Waals surface area contributed by atoms with Gasteiger partial charge in [0.15, 0.2) is 12.2 Å². The average molecular weight is 1450 g/mol. The predicted octanol–water partition coefficient (Wildman–Crippen LogP) is 23.7. The first-order valence-electron chi connectivity index (χ1n) is 41.3. The first-order chi connectivity index (χ1) is 47.7. The largest absolute Gasteiger partial charge is 0.472 e. The van der Waals surface area contributed by atoms with E-state index in [1.807, 2.05) is 0 Å². The molecule has 19 heteroatoms. The summed E-state index contributed by atoms with van der Waals surface area (Å²) in [5.41, 5.74) is 0. The molecular weight excluding hydrogens is 1290 g/mol. The van der Waals surface area contributed by atoms with E-state index in [1.165, 1.54) is 218 Å². The van der Waals surface area contributed by atoms with E-state index < -0.39 is 97.5 Å². The van der Waals surface area contributed by atoms with Crippen molar-refractivity contribution in [3.8, 4) is 0 Å². The van der Waals surface area contributed by atoms with Gasteiger partial charge in [0, 0.05) is 25.7 Å². The molecule has 17 nitrogen and oxygen atoms in total. The molecular formula is C80H156O17P2. The SMILES string of the molecule is CCCCCCCCCCCCCCCCCCCC(=O)OC[C@H](COP(=O)(O)OC[C@@H](O)COP(=O)(O)OC[C@@H](COC(=O)CCCCCCCCCC(C)C)OC(=O)CCCCCCCCCCC(C)C)OC(=O)CCCCCCCCCCCCCCCCCCCCC(C)C. The molecule has 0 amide bonds. The van der Waals surface area contributed by atoms with Crippen LogP contribution in [0.25, 0.3) is 0 Å². The molecule has 0 aliphatic heterocycles. The quantitative estimate of drug-likeness (QED) is 0.0222. The lowest BCUT2D eigenvalue weighted by Crippen LogP contribution is -2.30. The zero-order valence-corrected chi connectivity index (χ0v) is 66.8. The number of esters is 4. The molecule has 0 spiro atoms. The average Bonchev–Trinajstić information content (AvgIpc) is 0.978. The molecule has 0 saturated carbocycles. The second-order valence-corrected chi connectivity index (χ2v) is 33.1. The summed E-state index contributed by atoms with van der Waals surface area (Å²) in [5.74, 6) is 0.128. The van der Waals surface area contributed by atoms with Gasteiger partial charge in [-0.15, -0.1) is 0 Å². The Balaban J connectivity index is 5.21. The maximum atomic E-state index is 13.1. The van der Waals surface area contributed by atoms with E-state index in [0.717, 1.165) is 108 Å².